The van der Waals surface area contributed by atoms with Crippen molar-refractivity contribution in [1.82, 2.24) is 10.1 Å². The predicted octanol–water partition coefficient (Wildman–Crippen LogP) is 2.96. The molecule has 0 saturated heterocycles. The van der Waals surface area contributed by atoms with Gasteiger partial charge < -0.3 is 4.52 Å². The van der Waals surface area contributed by atoms with Crippen LogP contribution in [0, 0.1) is 0 Å². The molecule has 0 unspecified atom stereocenters. The molecule has 0 aliphatic rings. The molecule has 3 nitrogen and oxygen atoms in total. The summed E-state index contributed by atoms with van der Waals surface area (Å²) in [7, 11) is 0. The van der Waals surface area contributed by atoms with Crippen molar-refractivity contribution in [1.29, 1.82) is 0 Å². The Labute approximate surface area is 80.5 Å². The third-order valence-corrected chi connectivity index (χ3v) is 1.43. The van der Waals surface area contributed by atoms with Crippen molar-refractivity contribution >= 4 is 0 Å². The van der Waals surface area contributed by atoms with E-state index < -0.39 is 0 Å². The van der Waals surface area contributed by atoms with Gasteiger partial charge in [-0.05, 0) is 0 Å². The van der Waals surface area contributed by atoms with E-state index in [1.807, 2.05) is 20.8 Å². The van der Waals surface area contributed by atoms with Crippen molar-refractivity contribution in [2.75, 3.05) is 0 Å². The number of aromatic nitrogens is 2. The van der Waals surface area contributed by atoms with Crippen LogP contribution in [0.25, 0.3) is 0 Å². The molecule has 3 heteroatoms. The smallest absolute Gasteiger partial charge is 0.232 e. The van der Waals surface area contributed by atoms with Gasteiger partial charge in [0.15, 0.2) is 5.82 Å². The Kier molecular flexibility index (Phi) is 4.67. The monoisotopic (exact) mass is 184 g/mol. The Hall–Kier alpha value is -0.860. The quantitative estimate of drug-likeness (QED) is 0.673. The molecule has 1 aromatic heterocycles. The molecular weight excluding hydrogens is 164 g/mol. The molecule has 0 N–H and O–H groups in total. The Morgan fingerprint density at radius 3 is 2.00 bits per heavy atom. The molecule has 76 valence electrons. The van der Waals surface area contributed by atoms with Crippen LogP contribution < -0.4 is 0 Å². The largest absolute Gasteiger partial charge is 0.339 e. The molecule has 0 spiro atoms. The Morgan fingerprint density at radius 2 is 1.77 bits per heavy atom. The standard InChI is InChI=1S/C8H14N2O.C2H6/c1-5-6-9-7(11-10-6)8(2,3)4;1-2/h5H2,1-4H3;1-2H3. The van der Waals surface area contributed by atoms with Gasteiger partial charge in [0.05, 0.1) is 0 Å². The number of nitrogens with zero attached hydrogens (tertiary/aromatic N) is 2. The Balaban J connectivity index is 0.000000671. The van der Waals surface area contributed by atoms with Gasteiger partial charge in [-0.25, -0.2) is 0 Å². The fourth-order valence-corrected chi connectivity index (χ4v) is 0.702. The highest BCUT2D eigenvalue weighted by atomic mass is 16.5. The van der Waals surface area contributed by atoms with Crippen molar-refractivity contribution in [2.45, 2.75) is 53.4 Å². The summed E-state index contributed by atoms with van der Waals surface area (Å²) in [6.45, 7) is 12.2. The molecular formula is C10H20N2O. The van der Waals surface area contributed by atoms with E-state index in [4.69, 9.17) is 4.52 Å². The molecule has 0 aliphatic heterocycles. The number of rotatable bonds is 1. The minimum absolute atomic E-state index is 0.0274. The van der Waals surface area contributed by atoms with E-state index in [-0.39, 0.29) is 5.41 Å². The molecule has 0 aromatic carbocycles. The highest BCUT2D eigenvalue weighted by Crippen LogP contribution is 2.19. The van der Waals surface area contributed by atoms with Gasteiger partial charge in [0.25, 0.3) is 0 Å². The maximum absolute atomic E-state index is 5.06. The molecule has 0 bridgehead atoms. The van der Waals surface area contributed by atoms with Crippen LogP contribution in [0.2, 0.25) is 0 Å². The highest BCUT2D eigenvalue weighted by Gasteiger charge is 2.20. The first-order valence-electron chi connectivity index (χ1n) is 4.87. The molecule has 0 atom stereocenters. The van der Waals surface area contributed by atoms with Gasteiger partial charge in [-0.1, -0.05) is 46.7 Å². The van der Waals surface area contributed by atoms with Crippen molar-refractivity contribution in [3.8, 4) is 0 Å². The van der Waals surface area contributed by atoms with Gasteiger partial charge in [-0.3, -0.25) is 0 Å². The molecule has 0 aliphatic carbocycles. The molecule has 1 heterocycles. The molecule has 0 amide bonds. The summed E-state index contributed by atoms with van der Waals surface area (Å²) in [6.07, 6.45) is 0.833. The molecule has 0 radical (unpaired) electrons. The van der Waals surface area contributed by atoms with Crippen LogP contribution in [-0.2, 0) is 11.8 Å². The predicted molar refractivity (Wildman–Crippen MR) is 53.7 cm³/mol. The lowest BCUT2D eigenvalue weighted by atomic mass is 9.97. The fraction of sp³-hybridized carbons (Fsp3) is 0.800. The van der Waals surface area contributed by atoms with Gasteiger partial charge >= 0.3 is 0 Å². The number of aryl methyl sites for hydroxylation is 1. The maximum Gasteiger partial charge on any atom is 0.232 e. The van der Waals surface area contributed by atoms with Crippen LogP contribution in [-0.4, -0.2) is 10.1 Å². The van der Waals surface area contributed by atoms with Crippen LogP contribution in [0.15, 0.2) is 4.52 Å². The summed E-state index contributed by atoms with van der Waals surface area (Å²) >= 11 is 0. The summed E-state index contributed by atoms with van der Waals surface area (Å²) < 4.78 is 5.06. The minimum atomic E-state index is -0.0274. The zero-order valence-electron chi connectivity index (χ0n) is 9.51. The zero-order valence-corrected chi connectivity index (χ0v) is 9.51. The Morgan fingerprint density at radius 1 is 1.23 bits per heavy atom. The fourth-order valence-electron chi connectivity index (χ4n) is 0.702. The topological polar surface area (TPSA) is 38.9 Å². The first-order valence-corrected chi connectivity index (χ1v) is 4.87. The molecule has 13 heavy (non-hydrogen) atoms. The third-order valence-electron chi connectivity index (χ3n) is 1.43. The molecule has 0 saturated carbocycles. The van der Waals surface area contributed by atoms with E-state index in [1.54, 1.807) is 0 Å². The zero-order chi connectivity index (χ0) is 10.5. The first kappa shape index (κ1) is 12.1. The third kappa shape index (κ3) is 3.57. The summed E-state index contributed by atoms with van der Waals surface area (Å²) in [5.74, 6) is 1.50. The second-order valence-electron chi connectivity index (χ2n) is 3.62. The summed E-state index contributed by atoms with van der Waals surface area (Å²) in [6, 6.07) is 0. The van der Waals surface area contributed by atoms with Gasteiger partial charge in [-0.2, -0.15) is 4.98 Å². The van der Waals surface area contributed by atoms with Crippen LogP contribution >= 0.6 is 0 Å². The van der Waals surface area contributed by atoms with Crippen molar-refractivity contribution in [3.63, 3.8) is 0 Å². The van der Waals surface area contributed by atoms with Gasteiger partial charge in [-0.15, -0.1) is 0 Å². The van der Waals surface area contributed by atoms with Crippen molar-refractivity contribution in [2.24, 2.45) is 0 Å². The lowest BCUT2D eigenvalue weighted by molar-refractivity contribution is 0.318. The van der Waals surface area contributed by atoms with Crippen LogP contribution in [0.1, 0.15) is 53.3 Å². The van der Waals surface area contributed by atoms with Crippen molar-refractivity contribution in [3.05, 3.63) is 11.7 Å². The summed E-state index contributed by atoms with van der Waals surface area (Å²) in [5.41, 5.74) is -0.0274. The average Bonchev–Trinajstić information content (AvgIpc) is 2.54. The second-order valence-corrected chi connectivity index (χ2v) is 3.62. The number of hydrogen-bond donors (Lipinski definition) is 0. The normalized spacial score (nSPS) is 10.6. The Bertz CT molecular complexity index is 235. The molecule has 0 fully saturated rings. The number of hydrogen-bond acceptors (Lipinski definition) is 3. The SMILES string of the molecule is CC.CCc1noc(C(C)(C)C)n1. The van der Waals surface area contributed by atoms with Gasteiger partial charge in [0, 0.05) is 11.8 Å². The van der Waals surface area contributed by atoms with Gasteiger partial charge in [0.1, 0.15) is 0 Å². The molecule has 1 aromatic rings. The minimum Gasteiger partial charge on any atom is -0.339 e. The van der Waals surface area contributed by atoms with Crippen LogP contribution in [0.4, 0.5) is 0 Å². The van der Waals surface area contributed by atoms with E-state index in [9.17, 15) is 0 Å². The lowest BCUT2D eigenvalue weighted by Crippen LogP contribution is -2.11. The average molecular weight is 184 g/mol. The van der Waals surface area contributed by atoms with E-state index in [2.05, 4.69) is 30.9 Å². The summed E-state index contributed by atoms with van der Waals surface area (Å²) in [4.78, 5) is 4.22. The van der Waals surface area contributed by atoms with E-state index in [0.29, 0.717) is 5.89 Å². The van der Waals surface area contributed by atoms with Crippen LogP contribution in [0.5, 0.6) is 0 Å². The van der Waals surface area contributed by atoms with Crippen molar-refractivity contribution < 1.29 is 4.52 Å². The first-order chi connectivity index (χ1) is 6.04. The van der Waals surface area contributed by atoms with Gasteiger partial charge in [0.2, 0.25) is 5.89 Å². The highest BCUT2D eigenvalue weighted by molar-refractivity contribution is 4.97. The maximum atomic E-state index is 5.06. The van der Waals surface area contributed by atoms with Crippen LogP contribution in [0.3, 0.4) is 0 Å². The lowest BCUT2D eigenvalue weighted by Gasteiger charge is -2.10. The second kappa shape index (κ2) is 5.00. The molecule has 1 rings (SSSR count). The van der Waals surface area contributed by atoms with E-state index in [0.717, 1.165) is 12.2 Å². The van der Waals surface area contributed by atoms with E-state index in [1.165, 1.54) is 0 Å². The van der Waals surface area contributed by atoms with E-state index >= 15 is 0 Å². The summed E-state index contributed by atoms with van der Waals surface area (Å²) in [5, 5.41) is 3.82.